The van der Waals surface area contributed by atoms with Crippen molar-refractivity contribution in [3.8, 4) is 33.4 Å². The van der Waals surface area contributed by atoms with Gasteiger partial charge in [-0.25, -0.2) is 0 Å². The zero-order valence-corrected chi connectivity index (χ0v) is 31.4. The molecule has 11 aromatic rings. The van der Waals surface area contributed by atoms with E-state index in [0.717, 1.165) is 17.1 Å². The monoisotopic (exact) mass is 729 g/mol. The summed E-state index contributed by atoms with van der Waals surface area (Å²) < 4.78 is 2.65. The summed E-state index contributed by atoms with van der Waals surface area (Å²) in [5.41, 5.74) is 10.7. The van der Waals surface area contributed by atoms with E-state index in [0.29, 0.717) is 0 Å². The van der Waals surface area contributed by atoms with E-state index in [1.165, 1.54) is 85.9 Å². The van der Waals surface area contributed by atoms with Crippen molar-refractivity contribution in [1.82, 2.24) is 0 Å². The molecule has 1 heterocycles. The van der Waals surface area contributed by atoms with Crippen molar-refractivity contribution in [3.63, 3.8) is 0 Å². The minimum atomic E-state index is 1.11. The number of rotatable bonds is 6. The molecule has 2 heteroatoms. The summed E-state index contributed by atoms with van der Waals surface area (Å²) in [5, 5.41) is 10.1. The van der Waals surface area contributed by atoms with Gasteiger partial charge in [0.25, 0.3) is 0 Å². The Bertz CT molecular complexity index is 3240. The molecule has 0 unspecified atom stereocenters. The molecule has 0 saturated carbocycles. The highest BCUT2D eigenvalue weighted by molar-refractivity contribution is 7.25. The molecule has 1 nitrogen and oxygen atoms in total. The largest absolute Gasteiger partial charge is 0.310 e. The maximum Gasteiger partial charge on any atom is 0.0546 e. The summed E-state index contributed by atoms with van der Waals surface area (Å²) in [6.07, 6.45) is 0. The van der Waals surface area contributed by atoms with Crippen LogP contribution in [-0.2, 0) is 0 Å². The van der Waals surface area contributed by atoms with Crippen LogP contribution in [0.4, 0.5) is 17.1 Å². The Kier molecular flexibility index (Phi) is 7.75. The molecule has 0 radical (unpaired) electrons. The first kappa shape index (κ1) is 32.4. The number of anilines is 3. The molecule has 11 rings (SSSR count). The quantitative estimate of drug-likeness (QED) is 0.154. The second kappa shape index (κ2) is 13.4. The third kappa shape index (κ3) is 5.54. The molecule has 0 amide bonds. The fourth-order valence-corrected chi connectivity index (χ4v) is 9.59. The Morgan fingerprint density at radius 1 is 0.286 bits per heavy atom. The molecular formula is C54H35NS. The van der Waals surface area contributed by atoms with Crippen LogP contribution in [0.3, 0.4) is 0 Å². The Morgan fingerprint density at radius 3 is 1.59 bits per heavy atom. The molecule has 0 N–H and O–H groups in total. The van der Waals surface area contributed by atoms with Crippen LogP contribution < -0.4 is 4.90 Å². The summed E-state index contributed by atoms with van der Waals surface area (Å²) >= 11 is 1.86. The van der Waals surface area contributed by atoms with Gasteiger partial charge in [-0.3, -0.25) is 0 Å². The van der Waals surface area contributed by atoms with Gasteiger partial charge < -0.3 is 4.90 Å². The summed E-state index contributed by atoms with van der Waals surface area (Å²) in [5.74, 6) is 0. The Balaban J connectivity index is 1.02. The first-order valence-electron chi connectivity index (χ1n) is 19.2. The molecule has 0 aliphatic heterocycles. The minimum Gasteiger partial charge on any atom is -0.310 e. The molecule has 0 aliphatic rings. The van der Waals surface area contributed by atoms with E-state index in [1.54, 1.807) is 0 Å². The zero-order chi connectivity index (χ0) is 37.0. The zero-order valence-electron chi connectivity index (χ0n) is 30.6. The average molecular weight is 730 g/mol. The van der Waals surface area contributed by atoms with E-state index in [2.05, 4.69) is 217 Å². The third-order valence-corrected chi connectivity index (χ3v) is 12.4. The maximum atomic E-state index is 2.42. The van der Waals surface area contributed by atoms with Crippen LogP contribution in [0.5, 0.6) is 0 Å². The van der Waals surface area contributed by atoms with Crippen LogP contribution in [0.25, 0.3) is 85.9 Å². The lowest BCUT2D eigenvalue weighted by molar-refractivity contribution is 1.30. The first-order valence-corrected chi connectivity index (χ1v) is 20.0. The summed E-state index contributed by atoms with van der Waals surface area (Å²) in [6.45, 7) is 0. The summed E-state index contributed by atoms with van der Waals surface area (Å²) in [7, 11) is 0. The fraction of sp³-hybridized carbons (Fsp3) is 0. The molecule has 0 aliphatic carbocycles. The van der Waals surface area contributed by atoms with Gasteiger partial charge >= 0.3 is 0 Å². The Hall–Kier alpha value is -7.00. The number of fused-ring (bicyclic) bond motifs is 7. The maximum absolute atomic E-state index is 2.42. The van der Waals surface area contributed by atoms with Gasteiger partial charge in [0.2, 0.25) is 0 Å². The van der Waals surface area contributed by atoms with Crippen LogP contribution in [0, 0.1) is 0 Å². The molecule has 0 spiro atoms. The van der Waals surface area contributed by atoms with Gasteiger partial charge in [-0.05, 0) is 115 Å². The second-order valence-electron chi connectivity index (χ2n) is 14.5. The van der Waals surface area contributed by atoms with Gasteiger partial charge in [0.1, 0.15) is 0 Å². The molecule has 0 bridgehead atoms. The number of thiophene rings is 1. The van der Waals surface area contributed by atoms with E-state index in [-0.39, 0.29) is 0 Å². The molecule has 262 valence electrons. The Morgan fingerprint density at radius 2 is 0.821 bits per heavy atom. The predicted octanol–water partition coefficient (Wildman–Crippen LogP) is 16.0. The number of hydrogen-bond donors (Lipinski definition) is 0. The number of benzene rings is 10. The van der Waals surface area contributed by atoms with Crippen LogP contribution in [-0.4, -0.2) is 0 Å². The van der Waals surface area contributed by atoms with Crippen molar-refractivity contribution in [1.29, 1.82) is 0 Å². The van der Waals surface area contributed by atoms with Gasteiger partial charge in [-0.1, -0.05) is 158 Å². The van der Waals surface area contributed by atoms with Gasteiger partial charge in [-0.2, -0.15) is 0 Å². The van der Waals surface area contributed by atoms with E-state index in [1.807, 2.05) is 11.3 Å². The van der Waals surface area contributed by atoms with Gasteiger partial charge in [0.05, 0.1) is 5.69 Å². The first-order chi connectivity index (χ1) is 27.7. The highest BCUT2D eigenvalue weighted by atomic mass is 32.1. The van der Waals surface area contributed by atoms with E-state index < -0.39 is 0 Å². The molecule has 0 saturated heterocycles. The molecule has 0 fully saturated rings. The molecular weight excluding hydrogens is 695 g/mol. The Labute approximate surface area is 330 Å². The highest BCUT2D eigenvalue weighted by Crippen LogP contribution is 2.44. The van der Waals surface area contributed by atoms with Crippen molar-refractivity contribution < 1.29 is 0 Å². The van der Waals surface area contributed by atoms with Crippen molar-refractivity contribution in [2.24, 2.45) is 0 Å². The van der Waals surface area contributed by atoms with Crippen molar-refractivity contribution in [3.05, 3.63) is 212 Å². The minimum absolute atomic E-state index is 1.11. The van der Waals surface area contributed by atoms with Crippen LogP contribution in [0.1, 0.15) is 0 Å². The highest BCUT2D eigenvalue weighted by Gasteiger charge is 2.18. The van der Waals surface area contributed by atoms with Gasteiger partial charge in [0, 0.05) is 36.9 Å². The predicted molar refractivity (Wildman–Crippen MR) is 243 cm³/mol. The fourth-order valence-electron chi connectivity index (χ4n) is 8.50. The third-order valence-electron chi connectivity index (χ3n) is 11.2. The number of hydrogen-bond acceptors (Lipinski definition) is 2. The summed E-state index contributed by atoms with van der Waals surface area (Å²) in [6, 6.07) is 77.8. The normalized spacial score (nSPS) is 11.6. The lowest BCUT2D eigenvalue weighted by Gasteiger charge is -2.28. The SMILES string of the molecule is c1cc(-c2ccc(N(c3ccc(-c4ccc5sc6ccccc6c5c4)cc3)c3cc4ccccc4c4ccccc34)cc2)cc(-c2cccc3ccccc23)c1. The smallest absolute Gasteiger partial charge is 0.0546 e. The van der Waals surface area contributed by atoms with E-state index in [9.17, 15) is 0 Å². The second-order valence-corrected chi connectivity index (χ2v) is 15.6. The molecule has 0 atom stereocenters. The average Bonchev–Trinajstić information content (AvgIpc) is 3.65. The molecule has 1 aromatic heterocycles. The molecule has 10 aromatic carbocycles. The number of nitrogens with zero attached hydrogens (tertiary/aromatic N) is 1. The topological polar surface area (TPSA) is 3.24 Å². The van der Waals surface area contributed by atoms with Crippen LogP contribution in [0.2, 0.25) is 0 Å². The molecule has 56 heavy (non-hydrogen) atoms. The standard InChI is InChI=1S/C54H35NS/c1-3-16-45-38(11-1)13-10-21-46(45)41-15-9-14-39(33-41)36-23-28-43(29-24-36)55(52-35-42-12-2-4-17-47(42)48-18-5-6-19-49(48)52)44-30-25-37(26-31-44)40-27-32-54-51(34-40)50-20-7-8-22-53(50)56-54/h1-35H. The van der Waals surface area contributed by atoms with Crippen LogP contribution in [0.15, 0.2) is 212 Å². The van der Waals surface area contributed by atoms with Crippen molar-refractivity contribution in [2.75, 3.05) is 4.90 Å². The summed E-state index contributed by atoms with van der Waals surface area (Å²) in [4.78, 5) is 2.42. The lowest BCUT2D eigenvalue weighted by atomic mass is 9.95. The van der Waals surface area contributed by atoms with Crippen molar-refractivity contribution >= 4 is 80.9 Å². The van der Waals surface area contributed by atoms with E-state index >= 15 is 0 Å². The lowest BCUT2D eigenvalue weighted by Crippen LogP contribution is -2.10. The van der Waals surface area contributed by atoms with Gasteiger partial charge in [-0.15, -0.1) is 11.3 Å². The van der Waals surface area contributed by atoms with Crippen molar-refractivity contribution in [2.45, 2.75) is 0 Å². The van der Waals surface area contributed by atoms with Crippen LogP contribution >= 0.6 is 11.3 Å². The van der Waals surface area contributed by atoms with Gasteiger partial charge in [0.15, 0.2) is 0 Å². The van der Waals surface area contributed by atoms with E-state index in [4.69, 9.17) is 0 Å².